The first-order valence-electron chi connectivity index (χ1n) is 28.2. The average Bonchev–Trinajstić information content (AvgIpc) is 3.90. The minimum Gasteiger partial charge on any atom is -0.309 e. The molecular weight excluding hydrogens is 1030 g/mol. The maximum absolute atomic E-state index is 5.69. The van der Waals surface area contributed by atoms with E-state index in [2.05, 4.69) is 325 Å². The summed E-state index contributed by atoms with van der Waals surface area (Å²) in [4.78, 5) is 11.4. The Morgan fingerprint density at radius 1 is 0.293 bits per heavy atom. The first-order chi connectivity index (χ1) is 40.7. The number of aromatic nitrogens is 4. The monoisotopic (exact) mass is 1080 g/mol. The summed E-state index contributed by atoms with van der Waals surface area (Å²) in [6, 6.07) is 117. The van der Waals surface area contributed by atoms with Crippen molar-refractivity contribution >= 4 is 101 Å². The normalized spacial score (nSPS) is 13.9. The third-order valence-electron chi connectivity index (χ3n) is 17.4. The van der Waals surface area contributed by atoms with Crippen LogP contribution in [0.2, 0.25) is 0 Å². The zero-order valence-electron chi connectivity index (χ0n) is 44.8. The van der Waals surface area contributed by atoms with Gasteiger partial charge >= 0.3 is 0 Å². The smallest absolute Gasteiger partial charge is 0.184 e. The van der Waals surface area contributed by atoms with E-state index in [-0.39, 0.29) is 0 Å². The number of nitrogens with zero attached hydrogens (tertiary/aromatic N) is 4. The fourth-order valence-corrected chi connectivity index (χ4v) is 23.8. The number of rotatable bonds is 10. The van der Waals surface area contributed by atoms with E-state index in [9.17, 15) is 0 Å². The predicted molar refractivity (Wildman–Crippen MR) is 348 cm³/mol. The summed E-state index contributed by atoms with van der Waals surface area (Å²) < 4.78 is 4.92. The van der Waals surface area contributed by atoms with E-state index in [1.54, 1.807) is 0 Å². The lowest BCUT2D eigenvalue weighted by Crippen LogP contribution is -2.76. The second-order valence-electron chi connectivity index (χ2n) is 21.5. The average molecular weight is 1080 g/mol. The molecule has 0 saturated carbocycles. The second-order valence-corrected chi connectivity index (χ2v) is 29.1. The highest BCUT2D eigenvalue weighted by Crippen LogP contribution is 2.38. The van der Waals surface area contributed by atoms with Crippen molar-refractivity contribution in [3.05, 3.63) is 315 Å². The van der Waals surface area contributed by atoms with Gasteiger partial charge in [0.25, 0.3) is 0 Å². The third kappa shape index (κ3) is 7.15. The van der Waals surface area contributed by atoms with Crippen LogP contribution in [0, 0.1) is 0 Å². The Bertz CT molecular complexity index is 4770. The fraction of sp³-hybridized carbons (Fsp3) is 0. The SMILES string of the molecule is c1ccc([Si](c2ccccc2)(c2ccccc2)c2cccc(-c3cc(-c4ccc([Si]5(c6ccccc6)c6ccccc6-n6c7ccccc7c7cccc5c76)cc4)nc(-c4ccccc4-n4c5ccccc5c5ccccc54)n3)c2)cc1. The van der Waals surface area contributed by atoms with E-state index >= 15 is 0 Å². The summed E-state index contributed by atoms with van der Waals surface area (Å²) >= 11 is 0. The van der Waals surface area contributed by atoms with Gasteiger partial charge in [-0.05, 0) is 84.0 Å². The second kappa shape index (κ2) is 19.2. The van der Waals surface area contributed by atoms with Gasteiger partial charge in [-0.3, -0.25) is 0 Å². The van der Waals surface area contributed by atoms with Crippen LogP contribution in [0.4, 0.5) is 0 Å². The number of hydrogen-bond acceptors (Lipinski definition) is 2. The summed E-state index contributed by atoms with van der Waals surface area (Å²) in [7, 11) is -5.86. The molecule has 1 aliphatic rings. The van der Waals surface area contributed by atoms with E-state index in [4.69, 9.17) is 9.97 Å². The summed E-state index contributed by atoms with van der Waals surface area (Å²) in [6.07, 6.45) is 0. The van der Waals surface area contributed by atoms with Crippen LogP contribution in [-0.2, 0) is 0 Å². The van der Waals surface area contributed by atoms with Gasteiger partial charge in [-0.2, -0.15) is 0 Å². The fourth-order valence-electron chi connectivity index (χ4n) is 13.9. The van der Waals surface area contributed by atoms with E-state index in [1.807, 2.05) is 0 Å². The van der Waals surface area contributed by atoms with Crippen molar-refractivity contribution in [2.75, 3.05) is 0 Å². The Hall–Kier alpha value is -10.2. The molecule has 0 radical (unpaired) electrons. The molecule has 1 atom stereocenters. The molecule has 0 bridgehead atoms. The van der Waals surface area contributed by atoms with Gasteiger partial charge in [0.05, 0.1) is 39.1 Å². The number of hydrogen-bond donors (Lipinski definition) is 0. The molecule has 12 aromatic carbocycles. The number of benzene rings is 12. The zero-order chi connectivity index (χ0) is 54.2. The molecule has 384 valence electrons. The minimum absolute atomic E-state index is 0.660. The van der Waals surface area contributed by atoms with E-state index in [1.165, 1.54) is 79.8 Å². The predicted octanol–water partition coefficient (Wildman–Crippen LogP) is 12.7. The quantitative estimate of drug-likeness (QED) is 0.101. The molecule has 4 heterocycles. The van der Waals surface area contributed by atoms with Crippen molar-refractivity contribution in [2.24, 2.45) is 0 Å². The summed E-state index contributed by atoms with van der Waals surface area (Å²) in [5, 5.41) is 15.7. The van der Waals surface area contributed by atoms with Crippen molar-refractivity contribution in [2.45, 2.75) is 0 Å². The van der Waals surface area contributed by atoms with Gasteiger partial charge in [0.15, 0.2) is 22.0 Å². The lowest BCUT2D eigenvalue weighted by molar-refractivity contribution is 1.14. The van der Waals surface area contributed by atoms with Gasteiger partial charge in [0.1, 0.15) is 0 Å². The Morgan fingerprint density at radius 2 is 0.732 bits per heavy atom. The molecule has 1 aliphatic heterocycles. The van der Waals surface area contributed by atoms with Crippen molar-refractivity contribution in [1.29, 1.82) is 0 Å². The maximum atomic E-state index is 5.69. The van der Waals surface area contributed by atoms with Crippen LogP contribution in [0.5, 0.6) is 0 Å². The molecule has 0 aliphatic carbocycles. The van der Waals surface area contributed by atoms with Gasteiger partial charge in [-0.15, -0.1) is 0 Å². The molecule has 0 amide bonds. The van der Waals surface area contributed by atoms with Gasteiger partial charge in [0, 0.05) is 43.9 Å². The highest BCUT2D eigenvalue weighted by Gasteiger charge is 2.48. The highest BCUT2D eigenvalue weighted by atomic mass is 28.3. The largest absolute Gasteiger partial charge is 0.309 e. The topological polar surface area (TPSA) is 35.6 Å². The molecule has 0 N–H and O–H groups in total. The lowest BCUT2D eigenvalue weighted by atomic mass is 10.1. The first-order valence-corrected chi connectivity index (χ1v) is 32.2. The van der Waals surface area contributed by atoms with Crippen LogP contribution >= 0.6 is 0 Å². The molecule has 0 spiro atoms. The van der Waals surface area contributed by atoms with Gasteiger partial charge < -0.3 is 9.13 Å². The molecule has 0 saturated heterocycles. The first kappa shape index (κ1) is 47.7. The standard InChI is InChI=1S/C76H52N4Si2/c1-5-26-55(27-6-1)81(56-28-7-2-8-29-56,57-30-9-3-10-31-57)60-34-23-25-54(51-60)67-52-66(77-76(78-67)65-38-16-20-43-71(65)79-68-40-17-13-35-61(68)62-36-14-18-41-69(62)79)53-47-49-59(50-48-53)82(58-32-11-4-12-33-58)73-45-22-21-44-72(73)80-70-42-19-15-37-63(70)64-39-24-46-74(82)75(64)80/h1-52H. The molecule has 4 nitrogen and oxygen atoms in total. The van der Waals surface area contributed by atoms with Gasteiger partial charge in [0.2, 0.25) is 0 Å². The Morgan fingerprint density at radius 3 is 1.35 bits per heavy atom. The molecule has 6 heteroatoms. The van der Waals surface area contributed by atoms with Crippen LogP contribution in [0.25, 0.3) is 88.9 Å². The van der Waals surface area contributed by atoms with Crippen LogP contribution < -0.4 is 41.5 Å². The Balaban J connectivity index is 0.931. The Kier molecular flexibility index (Phi) is 11.2. The molecule has 82 heavy (non-hydrogen) atoms. The minimum atomic E-state index is -2.96. The molecule has 1 unspecified atom stereocenters. The molecule has 16 rings (SSSR count). The number of fused-ring (bicyclic) bond motifs is 8. The molecular formula is C76H52N4Si2. The Labute approximate surface area is 478 Å². The van der Waals surface area contributed by atoms with Gasteiger partial charge in [-0.25, -0.2) is 9.97 Å². The van der Waals surface area contributed by atoms with Crippen molar-refractivity contribution in [3.63, 3.8) is 0 Å². The van der Waals surface area contributed by atoms with Crippen molar-refractivity contribution < 1.29 is 0 Å². The molecule has 3 aromatic heterocycles. The zero-order valence-corrected chi connectivity index (χ0v) is 46.8. The molecule has 15 aromatic rings. The van der Waals surface area contributed by atoms with Crippen LogP contribution in [0.3, 0.4) is 0 Å². The highest BCUT2D eigenvalue weighted by molar-refractivity contribution is 7.21. The van der Waals surface area contributed by atoms with E-state index < -0.39 is 16.1 Å². The van der Waals surface area contributed by atoms with E-state index in [0.29, 0.717) is 5.82 Å². The summed E-state index contributed by atoms with van der Waals surface area (Å²) in [6.45, 7) is 0. The van der Waals surface area contributed by atoms with E-state index in [0.717, 1.165) is 44.8 Å². The third-order valence-corrected chi connectivity index (χ3v) is 27.0. The summed E-state index contributed by atoms with van der Waals surface area (Å²) in [5.74, 6) is 0.660. The van der Waals surface area contributed by atoms with Crippen LogP contribution in [0.15, 0.2) is 315 Å². The van der Waals surface area contributed by atoms with Crippen LogP contribution in [0.1, 0.15) is 0 Å². The van der Waals surface area contributed by atoms with Crippen molar-refractivity contribution in [1.82, 2.24) is 19.1 Å². The molecule has 0 fully saturated rings. The number of para-hydroxylation sites is 6. The summed E-state index contributed by atoms with van der Waals surface area (Å²) in [5.41, 5.74) is 11.8. The van der Waals surface area contributed by atoms with Crippen LogP contribution in [-0.4, -0.2) is 35.2 Å². The maximum Gasteiger partial charge on any atom is 0.184 e. The lowest BCUT2D eigenvalue weighted by Gasteiger charge is -2.39. The van der Waals surface area contributed by atoms with Crippen molar-refractivity contribution in [3.8, 4) is 45.3 Å². The van der Waals surface area contributed by atoms with Gasteiger partial charge in [-0.1, -0.05) is 273 Å².